The van der Waals surface area contributed by atoms with Gasteiger partial charge in [-0.2, -0.15) is 0 Å². The van der Waals surface area contributed by atoms with Crippen LogP contribution in [-0.2, 0) is 9.53 Å². The van der Waals surface area contributed by atoms with Crippen molar-refractivity contribution in [3.05, 3.63) is 12.2 Å². The second-order valence-corrected chi connectivity index (χ2v) is 6.96. The Morgan fingerprint density at radius 3 is 2.04 bits per heavy atom. The smallest absolute Gasteiger partial charge is 0.186 e. The number of ketones is 1. The molecule has 0 amide bonds. The number of carbonyl (C=O) groups excluding carboxylic acids is 1. The Bertz CT molecular complexity index is 347. The first kappa shape index (κ1) is 25.2. The van der Waals surface area contributed by atoms with Crippen molar-refractivity contribution in [2.75, 3.05) is 19.8 Å². The maximum atomic E-state index is 12.0. The van der Waals surface area contributed by atoms with Gasteiger partial charge in [-0.3, -0.25) is 4.79 Å². The summed E-state index contributed by atoms with van der Waals surface area (Å²) in [5.74, 6) is -0.317. The highest BCUT2D eigenvalue weighted by Crippen LogP contribution is 2.12. The molecule has 5 nitrogen and oxygen atoms in total. The van der Waals surface area contributed by atoms with Crippen molar-refractivity contribution in [1.82, 2.24) is 0 Å². The zero-order valence-corrected chi connectivity index (χ0v) is 16.7. The molecule has 0 fully saturated rings. The molecule has 0 bridgehead atoms. The van der Waals surface area contributed by atoms with Crippen LogP contribution in [0.5, 0.6) is 0 Å². The Balaban J connectivity index is 3.67. The molecule has 26 heavy (non-hydrogen) atoms. The van der Waals surface area contributed by atoms with Gasteiger partial charge in [0.25, 0.3) is 0 Å². The number of carbonyl (C=O) groups is 1. The molecule has 0 spiro atoms. The molecule has 0 rings (SSSR count). The van der Waals surface area contributed by atoms with E-state index >= 15 is 0 Å². The van der Waals surface area contributed by atoms with Gasteiger partial charge in [-0.05, 0) is 18.9 Å². The minimum absolute atomic E-state index is 0.180. The summed E-state index contributed by atoms with van der Waals surface area (Å²) < 4.78 is 5.23. The second-order valence-electron chi connectivity index (χ2n) is 6.96. The number of aliphatic hydroxyl groups is 2. The van der Waals surface area contributed by atoms with Gasteiger partial charge >= 0.3 is 0 Å². The Morgan fingerprint density at radius 2 is 1.54 bits per heavy atom. The largest absolute Gasteiger partial charge is 0.394 e. The molecular formula is C21H41NO4. The summed E-state index contributed by atoms with van der Waals surface area (Å²) in [4.78, 5) is 12.0. The average Bonchev–Trinajstić information content (AvgIpc) is 2.65. The zero-order chi connectivity index (χ0) is 19.5. The molecule has 0 aliphatic heterocycles. The van der Waals surface area contributed by atoms with E-state index in [2.05, 4.69) is 6.92 Å². The van der Waals surface area contributed by atoms with Crippen molar-refractivity contribution in [3.8, 4) is 0 Å². The second kappa shape index (κ2) is 19.0. The topological polar surface area (TPSA) is 92.8 Å². The standard InChI is InChI=1S/C21H41NO4/c1-2-3-4-5-6-7-8-9-10-11-12-13-14-15-19(24)21(20(25)18-23)26-17-16-22/h14-15,20-21,23,25H,2-13,16-18,22H2,1H3. The molecule has 0 aromatic rings. The van der Waals surface area contributed by atoms with E-state index in [9.17, 15) is 9.90 Å². The van der Waals surface area contributed by atoms with E-state index in [0.29, 0.717) is 0 Å². The lowest BCUT2D eigenvalue weighted by atomic mass is 10.0. The predicted octanol–water partition coefficient (Wildman–Crippen LogP) is 3.51. The first-order valence-corrected chi connectivity index (χ1v) is 10.5. The van der Waals surface area contributed by atoms with Gasteiger partial charge in [0.05, 0.1) is 13.2 Å². The van der Waals surface area contributed by atoms with E-state index in [1.807, 2.05) is 6.08 Å². The summed E-state index contributed by atoms with van der Waals surface area (Å²) in [5.41, 5.74) is 5.35. The van der Waals surface area contributed by atoms with Gasteiger partial charge in [0.2, 0.25) is 0 Å². The van der Waals surface area contributed by atoms with E-state index in [0.717, 1.165) is 12.8 Å². The summed E-state index contributed by atoms with van der Waals surface area (Å²) in [6.07, 6.45) is 16.2. The Hall–Kier alpha value is -0.750. The quantitative estimate of drug-likeness (QED) is 0.239. The molecule has 4 N–H and O–H groups in total. The average molecular weight is 372 g/mol. The molecule has 0 aromatic carbocycles. The molecule has 154 valence electrons. The Kier molecular flexibility index (Phi) is 18.5. The van der Waals surface area contributed by atoms with Crippen molar-refractivity contribution in [1.29, 1.82) is 0 Å². The van der Waals surface area contributed by atoms with E-state index < -0.39 is 18.8 Å². The highest BCUT2D eigenvalue weighted by atomic mass is 16.5. The van der Waals surface area contributed by atoms with E-state index in [-0.39, 0.29) is 18.9 Å². The molecule has 0 radical (unpaired) electrons. The molecule has 5 heteroatoms. The summed E-state index contributed by atoms with van der Waals surface area (Å²) in [6, 6.07) is 0. The van der Waals surface area contributed by atoms with Crippen LogP contribution in [-0.4, -0.2) is 48.0 Å². The molecule has 0 saturated heterocycles. The molecule has 0 aromatic heterocycles. The van der Waals surface area contributed by atoms with Gasteiger partial charge in [-0.15, -0.1) is 0 Å². The van der Waals surface area contributed by atoms with Crippen LogP contribution in [0.3, 0.4) is 0 Å². The lowest BCUT2D eigenvalue weighted by Gasteiger charge is -2.19. The van der Waals surface area contributed by atoms with E-state index in [1.54, 1.807) is 0 Å². The summed E-state index contributed by atoms with van der Waals surface area (Å²) >= 11 is 0. The molecule has 0 saturated carbocycles. The number of hydrogen-bond acceptors (Lipinski definition) is 5. The van der Waals surface area contributed by atoms with Crippen molar-refractivity contribution in [3.63, 3.8) is 0 Å². The van der Waals surface area contributed by atoms with Crippen LogP contribution in [0.15, 0.2) is 12.2 Å². The molecule has 0 aliphatic carbocycles. The lowest BCUT2D eigenvalue weighted by molar-refractivity contribution is -0.135. The predicted molar refractivity (Wildman–Crippen MR) is 107 cm³/mol. The number of hydrogen-bond donors (Lipinski definition) is 3. The van der Waals surface area contributed by atoms with Crippen LogP contribution in [0.2, 0.25) is 0 Å². The lowest BCUT2D eigenvalue weighted by Crippen LogP contribution is -2.39. The third-order valence-electron chi connectivity index (χ3n) is 4.49. The summed E-state index contributed by atoms with van der Waals surface area (Å²) in [5, 5.41) is 18.6. The normalized spacial score (nSPS) is 14.0. The SMILES string of the molecule is CCCCCCCCCCCCCC=CC(=O)C(OCCN)C(O)CO. The summed E-state index contributed by atoms with van der Waals surface area (Å²) in [6.45, 7) is 2.19. The fourth-order valence-corrected chi connectivity index (χ4v) is 2.89. The van der Waals surface area contributed by atoms with Crippen molar-refractivity contribution in [2.45, 2.75) is 96.2 Å². The molecule has 0 heterocycles. The number of aliphatic hydroxyl groups excluding tert-OH is 2. The van der Waals surface area contributed by atoms with E-state index in [1.165, 1.54) is 70.3 Å². The number of rotatable bonds is 19. The van der Waals surface area contributed by atoms with Crippen LogP contribution in [0.4, 0.5) is 0 Å². The Labute approximate surface area is 160 Å². The minimum atomic E-state index is -1.21. The van der Waals surface area contributed by atoms with Crippen molar-refractivity contribution >= 4 is 5.78 Å². The van der Waals surface area contributed by atoms with E-state index in [4.69, 9.17) is 15.6 Å². The fraction of sp³-hybridized carbons (Fsp3) is 0.857. The zero-order valence-electron chi connectivity index (χ0n) is 16.7. The molecule has 2 atom stereocenters. The number of allylic oxidation sites excluding steroid dienone is 1. The van der Waals surface area contributed by atoms with Gasteiger partial charge in [-0.25, -0.2) is 0 Å². The maximum Gasteiger partial charge on any atom is 0.186 e. The van der Waals surface area contributed by atoms with Crippen LogP contribution >= 0.6 is 0 Å². The van der Waals surface area contributed by atoms with Crippen LogP contribution in [0.25, 0.3) is 0 Å². The Morgan fingerprint density at radius 1 is 1.00 bits per heavy atom. The maximum absolute atomic E-state index is 12.0. The number of unbranched alkanes of at least 4 members (excludes halogenated alkanes) is 11. The fourth-order valence-electron chi connectivity index (χ4n) is 2.89. The number of ether oxygens (including phenoxy) is 1. The van der Waals surface area contributed by atoms with Crippen LogP contribution < -0.4 is 5.73 Å². The highest BCUT2D eigenvalue weighted by molar-refractivity contribution is 5.94. The monoisotopic (exact) mass is 371 g/mol. The van der Waals surface area contributed by atoms with Crippen LogP contribution in [0, 0.1) is 0 Å². The van der Waals surface area contributed by atoms with Crippen LogP contribution in [0.1, 0.15) is 84.0 Å². The minimum Gasteiger partial charge on any atom is -0.394 e. The molecule has 0 aliphatic rings. The van der Waals surface area contributed by atoms with Crippen molar-refractivity contribution in [2.24, 2.45) is 5.73 Å². The first-order valence-electron chi connectivity index (χ1n) is 10.5. The van der Waals surface area contributed by atoms with Gasteiger partial charge in [-0.1, -0.05) is 77.2 Å². The number of nitrogens with two attached hydrogens (primary N) is 1. The first-order chi connectivity index (χ1) is 12.7. The third kappa shape index (κ3) is 14.4. The summed E-state index contributed by atoms with van der Waals surface area (Å²) in [7, 11) is 0. The van der Waals surface area contributed by atoms with Gasteiger partial charge in [0.1, 0.15) is 12.2 Å². The van der Waals surface area contributed by atoms with Gasteiger partial charge in [0, 0.05) is 6.54 Å². The van der Waals surface area contributed by atoms with Gasteiger partial charge < -0.3 is 20.7 Å². The van der Waals surface area contributed by atoms with Crippen molar-refractivity contribution < 1.29 is 19.7 Å². The third-order valence-corrected chi connectivity index (χ3v) is 4.49. The molecule has 2 unspecified atom stereocenters. The van der Waals surface area contributed by atoms with Gasteiger partial charge in [0.15, 0.2) is 5.78 Å². The highest BCUT2D eigenvalue weighted by Gasteiger charge is 2.24. The molecular weight excluding hydrogens is 330 g/mol.